The van der Waals surface area contributed by atoms with Crippen molar-refractivity contribution in [1.29, 1.82) is 0 Å². The van der Waals surface area contributed by atoms with Gasteiger partial charge in [-0.15, -0.1) is 18.3 Å². The molecule has 1 rings (SSSR count). The Morgan fingerprint density at radius 2 is 2.07 bits per heavy atom. The largest absolute Gasteiger partial charge is 0.330 e. The summed E-state index contributed by atoms with van der Waals surface area (Å²) in [5, 5.41) is 0. The summed E-state index contributed by atoms with van der Waals surface area (Å²) in [6, 6.07) is 10.4. The zero-order chi connectivity index (χ0) is 11.1. The zero-order valence-corrected chi connectivity index (χ0v) is 10.1. The van der Waals surface area contributed by atoms with Gasteiger partial charge in [-0.3, -0.25) is 0 Å². The van der Waals surface area contributed by atoms with E-state index < -0.39 is 0 Å². The van der Waals surface area contributed by atoms with Crippen LogP contribution in [0, 0.1) is 5.41 Å². The lowest BCUT2D eigenvalue weighted by atomic mass is 9.88. The van der Waals surface area contributed by atoms with Crippen molar-refractivity contribution in [1.82, 2.24) is 0 Å². The van der Waals surface area contributed by atoms with Crippen LogP contribution in [0.5, 0.6) is 0 Å². The summed E-state index contributed by atoms with van der Waals surface area (Å²) < 4.78 is 0. The molecular weight excluding hydrogens is 202 g/mol. The second-order valence-electron chi connectivity index (χ2n) is 3.97. The average molecular weight is 221 g/mol. The first-order valence-corrected chi connectivity index (χ1v) is 6.20. The van der Waals surface area contributed by atoms with Crippen molar-refractivity contribution < 1.29 is 0 Å². The van der Waals surface area contributed by atoms with Crippen LogP contribution in [0.1, 0.15) is 13.3 Å². The van der Waals surface area contributed by atoms with E-state index in [1.54, 1.807) is 0 Å². The summed E-state index contributed by atoms with van der Waals surface area (Å²) in [5.41, 5.74) is 5.80. The van der Waals surface area contributed by atoms with Crippen LogP contribution in [0.25, 0.3) is 0 Å². The number of hydrogen-bond acceptors (Lipinski definition) is 2. The second-order valence-corrected chi connectivity index (χ2v) is 5.14. The first-order valence-electron chi connectivity index (χ1n) is 5.22. The maximum absolute atomic E-state index is 5.72. The van der Waals surface area contributed by atoms with E-state index in [0.29, 0.717) is 6.54 Å². The lowest BCUT2D eigenvalue weighted by molar-refractivity contribution is 0.429. The molecule has 2 N–H and O–H groups in total. The highest BCUT2D eigenvalue weighted by Gasteiger charge is 2.17. The fraction of sp³-hybridized carbons (Fsp3) is 0.385. The predicted molar refractivity (Wildman–Crippen MR) is 69.1 cm³/mol. The minimum atomic E-state index is 0.0851. The molecule has 0 aromatic heterocycles. The van der Waals surface area contributed by atoms with Gasteiger partial charge in [0.25, 0.3) is 0 Å². The van der Waals surface area contributed by atoms with E-state index in [9.17, 15) is 0 Å². The Kier molecular flexibility index (Phi) is 4.92. The van der Waals surface area contributed by atoms with Gasteiger partial charge in [-0.1, -0.05) is 31.2 Å². The Bertz CT molecular complexity index is 297. The van der Waals surface area contributed by atoms with Gasteiger partial charge < -0.3 is 5.73 Å². The van der Waals surface area contributed by atoms with E-state index in [0.717, 1.165) is 12.2 Å². The van der Waals surface area contributed by atoms with E-state index in [1.807, 2.05) is 23.9 Å². The summed E-state index contributed by atoms with van der Waals surface area (Å²) in [5.74, 6) is 1.09. The number of rotatable bonds is 6. The van der Waals surface area contributed by atoms with Crippen LogP contribution in [0.3, 0.4) is 0 Å². The maximum atomic E-state index is 5.72. The van der Waals surface area contributed by atoms with Crippen LogP contribution in [0.15, 0.2) is 47.9 Å². The molecule has 1 unspecified atom stereocenters. The van der Waals surface area contributed by atoms with Crippen LogP contribution in [0.2, 0.25) is 0 Å². The molecule has 0 saturated carbocycles. The zero-order valence-electron chi connectivity index (χ0n) is 9.28. The van der Waals surface area contributed by atoms with Crippen molar-refractivity contribution in [3.63, 3.8) is 0 Å². The summed E-state index contributed by atoms with van der Waals surface area (Å²) in [4.78, 5) is 1.32. The normalized spacial score (nSPS) is 14.5. The van der Waals surface area contributed by atoms with Crippen LogP contribution in [-0.2, 0) is 0 Å². The molecule has 0 aliphatic heterocycles. The van der Waals surface area contributed by atoms with Gasteiger partial charge in [0.05, 0.1) is 0 Å². The van der Waals surface area contributed by atoms with Crippen molar-refractivity contribution in [3.8, 4) is 0 Å². The molecule has 0 radical (unpaired) electrons. The molecule has 82 valence electrons. The molecule has 1 atom stereocenters. The quantitative estimate of drug-likeness (QED) is 0.589. The number of nitrogens with two attached hydrogens (primary N) is 1. The molecular formula is C13H19NS. The van der Waals surface area contributed by atoms with Crippen molar-refractivity contribution >= 4 is 11.8 Å². The molecule has 0 aliphatic rings. The van der Waals surface area contributed by atoms with Gasteiger partial charge in [0.1, 0.15) is 0 Å². The summed E-state index contributed by atoms with van der Waals surface area (Å²) in [6.07, 6.45) is 3.05. The fourth-order valence-electron chi connectivity index (χ4n) is 1.21. The maximum Gasteiger partial charge on any atom is 0.00719 e. The van der Waals surface area contributed by atoms with Gasteiger partial charge in [-0.05, 0) is 29.7 Å². The van der Waals surface area contributed by atoms with Gasteiger partial charge in [-0.2, -0.15) is 0 Å². The van der Waals surface area contributed by atoms with Gasteiger partial charge in [-0.25, -0.2) is 0 Å². The van der Waals surface area contributed by atoms with E-state index in [4.69, 9.17) is 5.73 Å². The van der Waals surface area contributed by atoms with Crippen LogP contribution >= 0.6 is 11.8 Å². The van der Waals surface area contributed by atoms with E-state index in [-0.39, 0.29) is 5.41 Å². The minimum Gasteiger partial charge on any atom is -0.330 e. The highest BCUT2D eigenvalue weighted by Crippen LogP contribution is 2.26. The Hall–Kier alpha value is -0.730. The molecule has 0 saturated heterocycles. The summed E-state index contributed by atoms with van der Waals surface area (Å²) in [6.45, 7) is 6.67. The highest BCUT2D eigenvalue weighted by atomic mass is 32.2. The SMILES string of the molecule is C=CC(C)(CN)CCSc1ccccc1. The van der Waals surface area contributed by atoms with Crippen LogP contribution < -0.4 is 5.73 Å². The molecule has 0 fully saturated rings. The average Bonchev–Trinajstić information content (AvgIpc) is 2.30. The molecule has 0 amide bonds. The van der Waals surface area contributed by atoms with E-state index >= 15 is 0 Å². The third-order valence-electron chi connectivity index (χ3n) is 2.64. The first-order chi connectivity index (χ1) is 7.20. The van der Waals surface area contributed by atoms with Crippen molar-refractivity contribution in [2.24, 2.45) is 11.1 Å². The Morgan fingerprint density at radius 1 is 1.40 bits per heavy atom. The molecule has 1 nitrogen and oxygen atoms in total. The Morgan fingerprint density at radius 3 is 2.60 bits per heavy atom. The van der Waals surface area contributed by atoms with Crippen molar-refractivity contribution in [2.75, 3.05) is 12.3 Å². The fourth-order valence-corrected chi connectivity index (χ4v) is 2.36. The molecule has 0 bridgehead atoms. The minimum absolute atomic E-state index is 0.0851. The Labute approximate surface area is 96.8 Å². The first kappa shape index (κ1) is 12.3. The molecule has 1 aromatic carbocycles. The van der Waals surface area contributed by atoms with Gasteiger partial charge >= 0.3 is 0 Å². The van der Waals surface area contributed by atoms with Gasteiger partial charge in [0, 0.05) is 11.4 Å². The second kappa shape index (κ2) is 5.99. The topological polar surface area (TPSA) is 26.0 Å². The van der Waals surface area contributed by atoms with Crippen LogP contribution in [-0.4, -0.2) is 12.3 Å². The van der Waals surface area contributed by atoms with Gasteiger partial charge in [0.15, 0.2) is 0 Å². The lowest BCUT2D eigenvalue weighted by Gasteiger charge is -2.23. The molecule has 0 spiro atoms. The summed E-state index contributed by atoms with van der Waals surface area (Å²) in [7, 11) is 0. The van der Waals surface area contributed by atoms with Crippen molar-refractivity contribution in [3.05, 3.63) is 43.0 Å². The van der Waals surface area contributed by atoms with Crippen LogP contribution in [0.4, 0.5) is 0 Å². The summed E-state index contributed by atoms with van der Waals surface area (Å²) >= 11 is 1.87. The number of hydrogen-bond donors (Lipinski definition) is 1. The molecule has 15 heavy (non-hydrogen) atoms. The third kappa shape index (κ3) is 4.10. The standard InChI is InChI=1S/C13H19NS/c1-3-13(2,11-14)9-10-15-12-7-5-4-6-8-12/h3-8H,1,9-11,14H2,2H3. The molecule has 2 heteroatoms. The monoisotopic (exact) mass is 221 g/mol. The third-order valence-corrected chi connectivity index (χ3v) is 3.66. The Balaban J connectivity index is 2.36. The smallest absolute Gasteiger partial charge is 0.00719 e. The number of benzene rings is 1. The van der Waals surface area contributed by atoms with Crippen molar-refractivity contribution in [2.45, 2.75) is 18.2 Å². The highest BCUT2D eigenvalue weighted by molar-refractivity contribution is 7.99. The van der Waals surface area contributed by atoms with Gasteiger partial charge in [0.2, 0.25) is 0 Å². The van der Waals surface area contributed by atoms with E-state index in [2.05, 4.69) is 37.8 Å². The molecule has 0 aliphatic carbocycles. The van der Waals surface area contributed by atoms with E-state index in [1.165, 1.54) is 4.90 Å². The lowest BCUT2D eigenvalue weighted by Crippen LogP contribution is -2.25. The molecule has 0 heterocycles. The molecule has 1 aromatic rings. The predicted octanol–water partition coefficient (Wildman–Crippen LogP) is 3.32. The number of thioether (sulfide) groups is 1.